The number of hydrogen-bond acceptors (Lipinski definition) is 5. The van der Waals surface area contributed by atoms with Crippen molar-refractivity contribution in [3.8, 4) is 0 Å². The van der Waals surface area contributed by atoms with E-state index >= 15 is 0 Å². The SMILES string of the molecule is C=C(O[Si](C)(C)C)/C(=N\OC)C(=O)OCc1ccccc1. The summed E-state index contributed by atoms with van der Waals surface area (Å²) in [6.45, 7) is 9.84. The molecule has 1 aromatic carbocycles. The van der Waals surface area contributed by atoms with Crippen LogP contribution in [0.4, 0.5) is 0 Å². The van der Waals surface area contributed by atoms with E-state index in [2.05, 4.69) is 16.6 Å². The normalized spacial score (nSPS) is 11.7. The van der Waals surface area contributed by atoms with Crippen LogP contribution in [-0.2, 0) is 25.4 Å². The van der Waals surface area contributed by atoms with E-state index in [0.717, 1.165) is 5.56 Å². The molecule has 5 nitrogen and oxygen atoms in total. The largest absolute Gasteiger partial charge is 0.543 e. The van der Waals surface area contributed by atoms with Crippen LogP contribution in [0.1, 0.15) is 5.56 Å². The van der Waals surface area contributed by atoms with Gasteiger partial charge in [-0.15, -0.1) is 0 Å². The summed E-state index contributed by atoms with van der Waals surface area (Å²) in [5.74, 6) is -0.446. The van der Waals surface area contributed by atoms with Crippen LogP contribution >= 0.6 is 0 Å². The summed E-state index contributed by atoms with van der Waals surface area (Å²) in [5, 5.41) is 3.66. The summed E-state index contributed by atoms with van der Waals surface area (Å²) in [6, 6.07) is 9.38. The zero-order valence-electron chi connectivity index (χ0n) is 12.9. The lowest BCUT2D eigenvalue weighted by atomic mass is 10.2. The van der Waals surface area contributed by atoms with Gasteiger partial charge in [-0.2, -0.15) is 0 Å². The molecule has 0 N–H and O–H groups in total. The molecule has 114 valence electrons. The smallest absolute Gasteiger partial charge is 0.364 e. The number of carbonyl (C=O) groups excluding carboxylic acids is 1. The molecule has 0 bridgehead atoms. The third-order valence-corrected chi connectivity index (χ3v) is 3.14. The average molecular weight is 307 g/mol. The predicted molar refractivity (Wildman–Crippen MR) is 84.3 cm³/mol. The van der Waals surface area contributed by atoms with Crippen LogP contribution in [0.5, 0.6) is 0 Å². The van der Waals surface area contributed by atoms with Crippen molar-refractivity contribution in [2.45, 2.75) is 26.2 Å². The Kier molecular flexibility index (Phi) is 6.17. The maximum atomic E-state index is 12.1. The minimum Gasteiger partial charge on any atom is -0.543 e. The first kappa shape index (κ1) is 17.0. The molecule has 0 aromatic heterocycles. The molecule has 0 aliphatic carbocycles. The standard InChI is InChI=1S/C15H21NO4Si/c1-12(20-21(3,4)5)14(16-18-2)15(17)19-11-13-9-7-6-8-10-13/h6-10H,1,11H2,2-5H3/b16-14+. The first-order valence-corrected chi connectivity index (χ1v) is 9.95. The summed E-state index contributed by atoms with van der Waals surface area (Å²) in [5.41, 5.74) is 0.843. The van der Waals surface area contributed by atoms with Crippen LogP contribution < -0.4 is 0 Å². The Morgan fingerprint density at radius 2 is 1.86 bits per heavy atom. The zero-order valence-corrected chi connectivity index (χ0v) is 13.9. The first-order chi connectivity index (χ1) is 9.83. The second-order valence-electron chi connectivity index (χ2n) is 5.32. The first-order valence-electron chi connectivity index (χ1n) is 6.54. The Hall–Kier alpha value is -2.08. The summed E-state index contributed by atoms with van der Waals surface area (Å²) in [4.78, 5) is 16.7. The molecule has 0 radical (unpaired) electrons. The van der Waals surface area contributed by atoms with Crippen molar-refractivity contribution in [3.05, 3.63) is 48.2 Å². The van der Waals surface area contributed by atoms with Crippen molar-refractivity contribution in [1.29, 1.82) is 0 Å². The highest BCUT2D eigenvalue weighted by Crippen LogP contribution is 2.12. The maximum absolute atomic E-state index is 12.1. The molecule has 6 heteroatoms. The van der Waals surface area contributed by atoms with Gasteiger partial charge in [-0.05, 0) is 25.2 Å². The number of carbonyl (C=O) groups is 1. The van der Waals surface area contributed by atoms with Crippen molar-refractivity contribution >= 4 is 20.0 Å². The van der Waals surface area contributed by atoms with E-state index in [1.54, 1.807) is 0 Å². The van der Waals surface area contributed by atoms with Crippen molar-refractivity contribution in [1.82, 2.24) is 0 Å². The molecule has 0 heterocycles. The molecule has 0 unspecified atom stereocenters. The highest BCUT2D eigenvalue weighted by atomic mass is 28.4. The highest BCUT2D eigenvalue weighted by molar-refractivity contribution is 6.70. The Labute approximate surface area is 126 Å². The predicted octanol–water partition coefficient (Wildman–Crippen LogP) is 3.10. The van der Waals surface area contributed by atoms with E-state index in [1.165, 1.54) is 7.11 Å². The molecule has 0 spiro atoms. The fraction of sp³-hybridized carbons (Fsp3) is 0.333. The Balaban J connectivity index is 2.70. The Morgan fingerprint density at radius 3 is 2.38 bits per heavy atom. The topological polar surface area (TPSA) is 57.1 Å². The molecule has 0 aliphatic heterocycles. The molecule has 0 saturated carbocycles. The van der Waals surface area contributed by atoms with Gasteiger partial charge in [0, 0.05) is 0 Å². The van der Waals surface area contributed by atoms with Gasteiger partial charge in [0.1, 0.15) is 19.5 Å². The van der Waals surface area contributed by atoms with Crippen LogP contribution in [0.3, 0.4) is 0 Å². The molecule has 0 saturated heterocycles. The third kappa shape index (κ3) is 6.27. The number of oxime groups is 1. The van der Waals surface area contributed by atoms with Crippen molar-refractivity contribution in [2.24, 2.45) is 5.16 Å². The molecule has 1 aromatic rings. The van der Waals surface area contributed by atoms with Gasteiger partial charge in [0.25, 0.3) is 0 Å². The molecular weight excluding hydrogens is 286 g/mol. The molecule has 0 atom stereocenters. The summed E-state index contributed by atoms with van der Waals surface area (Å²) in [7, 11) is -0.535. The van der Waals surface area contributed by atoms with E-state index in [1.807, 2.05) is 50.0 Å². The second kappa shape index (κ2) is 7.63. The third-order valence-electron chi connectivity index (χ3n) is 2.28. The monoisotopic (exact) mass is 307 g/mol. The minimum atomic E-state index is -1.89. The molecule has 0 amide bonds. The van der Waals surface area contributed by atoms with Gasteiger partial charge in [-0.3, -0.25) is 0 Å². The summed E-state index contributed by atoms with van der Waals surface area (Å²) >= 11 is 0. The fourth-order valence-electron chi connectivity index (χ4n) is 1.50. The minimum absolute atomic E-state index is 0.0455. The lowest BCUT2D eigenvalue weighted by Crippen LogP contribution is -2.30. The molecule has 0 aliphatic rings. The van der Waals surface area contributed by atoms with Crippen molar-refractivity contribution < 1.29 is 18.8 Å². The van der Waals surface area contributed by atoms with Crippen LogP contribution in [-0.4, -0.2) is 27.1 Å². The van der Waals surface area contributed by atoms with Gasteiger partial charge < -0.3 is 14.0 Å². The highest BCUT2D eigenvalue weighted by Gasteiger charge is 2.25. The molecule has 21 heavy (non-hydrogen) atoms. The Bertz CT molecular complexity index is 520. The quantitative estimate of drug-likeness (QED) is 0.255. The number of nitrogens with zero attached hydrogens (tertiary/aromatic N) is 1. The summed E-state index contributed by atoms with van der Waals surface area (Å²) in [6.07, 6.45) is 0. The van der Waals surface area contributed by atoms with Crippen LogP contribution in [0, 0.1) is 0 Å². The van der Waals surface area contributed by atoms with Crippen molar-refractivity contribution in [2.75, 3.05) is 7.11 Å². The van der Waals surface area contributed by atoms with Gasteiger partial charge in [-0.25, -0.2) is 4.79 Å². The zero-order chi connectivity index (χ0) is 15.9. The number of esters is 1. The number of ether oxygens (including phenoxy) is 1. The van der Waals surface area contributed by atoms with Gasteiger partial charge in [0.2, 0.25) is 14.0 Å². The van der Waals surface area contributed by atoms with Crippen LogP contribution in [0.2, 0.25) is 19.6 Å². The Morgan fingerprint density at radius 1 is 1.24 bits per heavy atom. The maximum Gasteiger partial charge on any atom is 0.364 e. The van der Waals surface area contributed by atoms with E-state index in [0.29, 0.717) is 0 Å². The lowest BCUT2D eigenvalue weighted by molar-refractivity contribution is -0.137. The van der Waals surface area contributed by atoms with Crippen LogP contribution in [0.15, 0.2) is 47.8 Å². The van der Waals surface area contributed by atoms with E-state index in [9.17, 15) is 4.79 Å². The van der Waals surface area contributed by atoms with E-state index in [4.69, 9.17) is 9.16 Å². The molecule has 0 fully saturated rings. The van der Waals surface area contributed by atoms with Gasteiger partial charge in [-0.1, -0.05) is 42.1 Å². The van der Waals surface area contributed by atoms with E-state index < -0.39 is 14.3 Å². The van der Waals surface area contributed by atoms with Gasteiger partial charge >= 0.3 is 5.97 Å². The van der Waals surface area contributed by atoms with Crippen molar-refractivity contribution in [3.63, 3.8) is 0 Å². The summed E-state index contributed by atoms with van der Waals surface area (Å²) < 4.78 is 10.9. The van der Waals surface area contributed by atoms with Gasteiger partial charge in [0.15, 0.2) is 0 Å². The number of rotatable bonds is 7. The fourth-order valence-corrected chi connectivity index (χ4v) is 2.34. The van der Waals surface area contributed by atoms with Gasteiger partial charge in [0.05, 0.1) is 0 Å². The number of hydrogen-bond donors (Lipinski definition) is 0. The second-order valence-corrected chi connectivity index (χ2v) is 9.75. The number of benzene rings is 1. The molecular formula is C15H21NO4Si. The van der Waals surface area contributed by atoms with Crippen LogP contribution in [0.25, 0.3) is 0 Å². The average Bonchev–Trinajstić information content (AvgIpc) is 2.41. The van der Waals surface area contributed by atoms with E-state index in [-0.39, 0.29) is 18.1 Å². The lowest BCUT2D eigenvalue weighted by Gasteiger charge is -2.20. The molecule has 1 rings (SSSR count).